The molecule has 3 rings (SSSR count). The van der Waals surface area contributed by atoms with Crippen molar-refractivity contribution in [3.05, 3.63) is 71.4 Å². The second-order valence-corrected chi connectivity index (χ2v) is 6.72. The molecule has 0 radical (unpaired) electrons. The summed E-state index contributed by atoms with van der Waals surface area (Å²) in [5, 5.41) is 12.2. The lowest BCUT2D eigenvalue weighted by Gasteiger charge is -2.15. The van der Waals surface area contributed by atoms with Gasteiger partial charge in [-0.05, 0) is 36.6 Å². The van der Waals surface area contributed by atoms with E-state index in [1.165, 1.54) is 5.56 Å². The van der Waals surface area contributed by atoms with E-state index in [0.29, 0.717) is 18.8 Å². The summed E-state index contributed by atoms with van der Waals surface area (Å²) >= 11 is 0. The van der Waals surface area contributed by atoms with E-state index in [2.05, 4.69) is 5.32 Å². The fraction of sp³-hybridized carbons (Fsp3) is 0.261. The van der Waals surface area contributed by atoms with Crippen molar-refractivity contribution < 1.29 is 14.3 Å². The molecule has 2 aromatic carbocycles. The van der Waals surface area contributed by atoms with Gasteiger partial charge in [0.1, 0.15) is 11.6 Å². The van der Waals surface area contributed by atoms with Crippen molar-refractivity contribution in [1.29, 1.82) is 5.26 Å². The summed E-state index contributed by atoms with van der Waals surface area (Å²) in [6.07, 6.45) is 4.11. The maximum atomic E-state index is 12.7. The van der Waals surface area contributed by atoms with Crippen LogP contribution in [0, 0.1) is 11.3 Å². The Bertz CT molecular complexity index is 975. The van der Waals surface area contributed by atoms with Gasteiger partial charge in [0.2, 0.25) is 0 Å². The van der Waals surface area contributed by atoms with Crippen molar-refractivity contribution in [3.8, 4) is 6.07 Å². The number of hydrogen-bond acceptors (Lipinski definition) is 5. The number of hydrogen-bond donors (Lipinski definition) is 1. The third-order valence-electron chi connectivity index (χ3n) is 4.70. The number of anilines is 2. The zero-order chi connectivity index (χ0) is 20.6. The molecular weight excluding hydrogens is 366 g/mol. The Morgan fingerprint density at radius 2 is 1.97 bits per heavy atom. The highest BCUT2D eigenvalue weighted by Crippen LogP contribution is 2.28. The van der Waals surface area contributed by atoms with Crippen molar-refractivity contribution in [1.82, 2.24) is 0 Å². The van der Waals surface area contributed by atoms with Gasteiger partial charge in [0, 0.05) is 18.4 Å². The van der Waals surface area contributed by atoms with Gasteiger partial charge in [-0.15, -0.1) is 0 Å². The highest BCUT2D eigenvalue weighted by Gasteiger charge is 2.20. The number of nitrogens with one attached hydrogen (secondary N) is 1. The molecular formula is C23H23N3O3. The number of fused-ring (bicyclic) bond motifs is 1. The van der Waals surface area contributed by atoms with Gasteiger partial charge in [-0.2, -0.15) is 5.26 Å². The largest absolute Gasteiger partial charge is 0.462 e. The lowest BCUT2D eigenvalue weighted by Crippen LogP contribution is -2.20. The molecule has 148 valence electrons. The number of nitriles is 1. The molecule has 1 aliphatic heterocycles. The van der Waals surface area contributed by atoms with Crippen LogP contribution in [-0.2, 0) is 16.0 Å². The van der Waals surface area contributed by atoms with Gasteiger partial charge in [0.05, 0.1) is 17.9 Å². The average molecular weight is 389 g/mol. The summed E-state index contributed by atoms with van der Waals surface area (Å²) < 4.78 is 5.25. The summed E-state index contributed by atoms with van der Waals surface area (Å²) in [6, 6.07) is 16.5. The van der Waals surface area contributed by atoms with Crippen LogP contribution in [0.4, 0.5) is 11.4 Å². The lowest BCUT2D eigenvalue weighted by molar-refractivity contribution is -0.112. The van der Waals surface area contributed by atoms with Gasteiger partial charge in [0.25, 0.3) is 5.91 Å². The standard InChI is InChI=1S/C23H23N3O3/c1-2-3-14-29-23(28)19-9-5-6-10-20(19)25-22(27)18(15-24)16-26-13-12-17-8-4-7-11-21(17)26/h4-11,16H,2-3,12-14H2,1H3,(H,25,27)/b18-16-. The predicted molar refractivity (Wildman–Crippen MR) is 111 cm³/mol. The minimum absolute atomic E-state index is 0.0316. The molecule has 0 aliphatic carbocycles. The fourth-order valence-electron chi connectivity index (χ4n) is 3.14. The van der Waals surface area contributed by atoms with Gasteiger partial charge >= 0.3 is 5.97 Å². The van der Waals surface area contributed by atoms with E-state index in [9.17, 15) is 14.9 Å². The molecule has 0 spiro atoms. The summed E-state index contributed by atoms with van der Waals surface area (Å²) in [4.78, 5) is 26.9. The minimum Gasteiger partial charge on any atom is -0.462 e. The zero-order valence-electron chi connectivity index (χ0n) is 16.4. The highest BCUT2D eigenvalue weighted by atomic mass is 16.5. The second kappa shape index (κ2) is 9.56. The lowest BCUT2D eigenvalue weighted by atomic mass is 10.1. The van der Waals surface area contributed by atoms with Crippen LogP contribution < -0.4 is 10.2 Å². The van der Waals surface area contributed by atoms with Crippen LogP contribution in [0.15, 0.2) is 60.3 Å². The predicted octanol–water partition coefficient (Wildman–Crippen LogP) is 4.05. The van der Waals surface area contributed by atoms with Gasteiger partial charge in [0.15, 0.2) is 0 Å². The Labute approximate surface area is 170 Å². The summed E-state index contributed by atoms with van der Waals surface area (Å²) in [5.74, 6) is -1.06. The second-order valence-electron chi connectivity index (χ2n) is 6.72. The Hall–Kier alpha value is -3.59. The number of benzene rings is 2. The Kier molecular flexibility index (Phi) is 6.64. The SMILES string of the molecule is CCCCOC(=O)c1ccccc1NC(=O)/C(C#N)=C\N1CCc2ccccc21. The van der Waals surface area contributed by atoms with Gasteiger partial charge < -0.3 is 15.0 Å². The number of unbranched alkanes of at least 4 members (excludes halogenated alkanes) is 1. The molecule has 6 nitrogen and oxygen atoms in total. The molecule has 1 N–H and O–H groups in total. The topological polar surface area (TPSA) is 82.4 Å². The summed E-state index contributed by atoms with van der Waals surface area (Å²) in [6.45, 7) is 3.05. The van der Waals surface area contributed by atoms with Crippen LogP contribution in [0.2, 0.25) is 0 Å². The summed E-state index contributed by atoms with van der Waals surface area (Å²) in [7, 11) is 0. The first-order valence-electron chi connectivity index (χ1n) is 9.68. The number of ether oxygens (including phenoxy) is 1. The van der Waals surface area contributed by atoms with Gasteiger partial charge in [-0.25, -0.2) is 4.79 Å². The van der Waals surface area contributed by atoms with Crippen LogP contribution in [0.25, 0.3) is 0 Å². The maximum Gasteiger partial charge on any atom is 0.340 e. The van der Waals surface area contributed by atoms with Crippen molar-refractivity contribution in [2.24, 2.45) is 0 Å². The molecule has 0 saturated carbocycles. The smallest absolute Gasteiger partial charge is 0.340 e. The Morgan fingerprint density at radius 1 is 1.21 bits per heavy atom. The third-order valence-corrected chi connectivity index (χ3v) is 4.70. The van der Waals surface area contributed by atoms with E-state index in [-0.39, 0.29) is 11.1 Å². The number of nitrogens with zero attached hydrogens (tertiary/aromatic N) is 2. The maximum absolute atomic E-state index is 12.7. The first-order valence-corrected chi connectivity index (χ1v) is 9.68. The molecule has 2 aromatic rings. The van der Waals surface area contributed by atoms with Crippen LogP contribution in [0.1, 0.15) is 35.7 Å². The molecule has 0 aromatic heterocycles. The van der Waals surface area contributed by atoms with E-state index in [4.69, 9.17) is 4.74 Å². The Morgan fingerprint density at radius 3 is 2.76 bits per heavy atom. The molecule has 0 fully saturated rings. The third kappa shape index (κ3) is 4.82. The van der Waals surface area contributed by atoms with E-state index in [0.717, 1.165) is 24.9 Å². The first-order chi connectivity index (χ1) is 14.1. The zero-order valence-corrected chi connectivity index (χ0v) is 16.4. The van der Waals surface area contributed by atoms with Crippen molar-refractivity contribution in [2.75, 3.05) is 23.4 Å². The van der Waals surface area contributed by atoms with Crippen LogP contribution in [0.5, 0.6) is 0 Å². The monoisotopic (exact) mass is 389 g/mol. The van der Waals surface area contributed by atoms with Crippen molar-refractivity contribution in [2.45, 2.75) is 26.2 Å². The van der Waals surface area contributed by atoms with Gasteiger partial charge in [-0.1, -0.05) is 43.7 Å². The molecule has 6 heteroatoms. The number of rotatable bonds is 7. The van der Waals surface area contributed by atoms with Crippen molar-refractivity contribution in [3.63, 3.8) is 0 Å². The highest BCUT2D eigenvalue weighted by molar-refractivity contribution is 6.09. The molecule has 1 heterocycles. The van der Waals surface area contributed by atoms with E-state index >= 15 is 0 Å². The Balaban J connectivity index is 1.76. The number of carbonyl (C=O) groups excluding carboxylic acids is 2. The molecule has 1 amide bonds. The first kappa shape index (κ1) is 20.2. The van der Waals surface area contributed by atoms with Crippen LogP contribution >= 0.6 is 0 Å². The van der Waals surface area contributed by atoms with E-state index in [1.54, 1.807) is 30.5 Å². The summed E-state index contributed by atoms with van der Waals surface area (Å²) in [5.41, 5.74) is 2.73. The number of amides is 1. The number of carbonyl (C=O) groups is 2. The van der Waals surface area contributed by atoms with E-state index in [1.807, 2.05) is 42.2 Å². The van der Waals surface area contributed by atoms with Crippen molar-refractivity contribution >= 4 is 23.3 Å². The van der Waals surface area contributed by atoms with Gasteiger partial charge in [-0.3, -0.25) is 4.79 Å². The normalized spacial score (nSPS) is 12.8. The fourth-order valence-corrected chi connectivity index (χ4v) is 3.14. The molecule has 29 heavy (non-hydrogen) atoms. The molecule has 0 unspecified atom stereocenters. The van der Waals surface area contributed by atoms with E-state index < -0.39 is 11.9 Å². The average Bonchev–Trinajstić information content (AvgIpc) is 3.15. The molecule has 1 aliphatic rings. The van der Waals surface area contributed by atoms with Crippen LogP contribution in [0.3, 0.4) is 0 Å². The molecule has 0 bridgehead atoms. The quantitative estimate of drug-likeness (QED) is 0.334. The number of para-hydroxylation sites is 2. The minimum atomic E-state index is -0.564. The molecule has 0 atom stereocenters. The number of esters is 1. The molecule has 0 saturated heterocycles. The van der Waals surface area contributed by atoms with Crippen LogP contribution in [-0.4, -0.2) is 25.0 Å².